The number of likely N-dealkylation sites (N-methyl/N-ethyl adjacent to an activating group) is 1. The van der Waals surface area contributed by atoms with Crippen LogP contribution in [-0.4, -0.2) is 35.4 Å². The average molecular weight is 268 g/mol. The van der Waals surface area contributed by atoms with Crippen molar-refractivity contribution in [3.8, 4) is 0 Å². The monoisotopic (exact) mass is 267 g/mol. The SMILES string of the molecule is CNC(=O)C1CCCCN1Cc1cc(Cl)ccn1. The first-order chi connectivity index (χ1) is 8.70. The zero-order valence-corrected chi connectivity index (χ0v) is 11.3. The molecule has 0 spiro atoms. The van der Waals surface area contributed by atoms with Crippen molar-refractivity contribution in [3.05, 3.63) is 29.0 Å². The molecule has 1 unspecified atom stereocenters. The summed E-state index contributed by atoms with van der Waals surface area (Å²) in [5.41, 5.74) is 0.915. The van der Waals surface area contributed by atoms with E-state index in [0.717, 1.165) is 31.5 Å². The minimum absolute atomic E-state index is 0.0375. The minimum atomic E-state index is -0.0375. The molecule has 2 rings (SSSR count). The van der Waals surface area contributed by atoms with E-state index in [4.69, 9.17) is 11.6 Å². The van der Waals surface area contributed by atoms with Crippen LogP contribution >= 0.6 is 11.6 Å². The summed E-state index contributed by atoms with van der Waals surface area (Å²) in [6.45, 7) is 1.62. The molecule has 1 N–H and O–H groups in total. The number of carbonyl (C=O) groups excluding carboxylic acids is 1. The zero-order chi connectivity index (χ0) is 13.0. The number of likely N-dealkylation sites (tertiary alicyclic amines) is 1. The maximum atomic E-state index is 11.8. The highest BCUT2D eigenvalue weighted by Gasteiger charge is 2.28. The van der Waals surface area contributed by atoms with Crippen molar-refractivity contribution in [1.82, 2.24) is 15.2 Å². The summed E-state index contributed by atoms with van der Waals surface area (Å²) in [5.74, 6) is 0.0942. The summed E-state index contributed by atoms with van der Waals surface area (Å²) in [4.78, 5) is 18.3. The molecular weight excluding hydrogens is 250 g/mol. The van der Waals surface area contributed by atoms with Gasteiger partial charge in [-0.2, -0.15) is 0 Å². The molecule has 1 aromatic heterocycles. The third-order valence-electron chi connectivity index (χ3n) is 3.31. The van der Waals surface area contributed by atoms with E-state index in [9.17, 15) is 4.79 Å². The second kappa shape index (κ2) is 6.16. The number of halogens is 1. The molecule has 0 aromatic carbocycles. The lowest BCUT2D eigenvalue weighted by Gasteiger charge is -2.34. The molecule has 5 heteroatoms. The van der Waals surface area contributed by atoms with Gasteiger partial charge >= 0.3 is 0 Å². The van der Waals surface area contributed by atoms with E-state index in [1.165, 1.54) is 0 Å². The molecule has 0 radical (unpaired) electrons. The molecule has 4 nitrogen and oxygen atoms in total. The van der Waals surface area contributed by atoms with Gasteiger partial charge in [-0.3, -0.25) is 14.7 Å². The molecule has 1 fully saturated rings. The summed E-state index contributed by atoms with van der Waals surface area (Å²) in [6, 6.07) is 3.58. The van der Waals surface area contributed by atoms with Crippen LogP contribution in [0.2, 0.25) is 5.02 Å². The number of aromatic nitrogens is 1. The average Bonchev–Trinajstić information content (AvgIpc) is 2.38. The molecule has 1 saturated heterocycles. The fraction of sp³-hybridized carbons (Fsp3) is 0.538. The van der Waals surface area contributed by atoms with Crippen molar-refractivity contribution < 1.29 is 4.79 Å². The zero-order valence-electron chi connectivity index (χ0n) is 10.5. The molecule has 1 amide bonds. The molecule has 0 bridgehead atoms. The Balaban J connectivity index is 2.07. The highest BCUT2D eigenvalue weighted by Crippen LogP contribution is 2.20. The van der Waals surface area contributed by atoms with Gasteiger partial charge in [0.15, 0.2) is 0 Å². The molecule has 0 aliphatic carbocycles. The third-order valence-corrected chi connectivity index (χ3v) is 3.54. The first-order valence-electron chi connectivity index (χ1n) is 6.27. The van der Waals surface area contributed by atoms with Crippen molar-refractivity contribution in [3.63, 3.8) is 0 Å². The first-order valence-corrected chi connectivity index (χ1v) is 6.64. The molecule has 0 saturated carbocycles. The molecule has 98 valence electrons. The Labute approximate surface area is 112 Å². The molecule has 1 atom stereocenters. The standard InChI is InChI=1S/C13H18ClN3O/c1-15-13(18)12-4-2-3-7-17(12)9-11-8-10(14)5-6-16-11/h5-6,8,12H,2-4,7,9H2,1H3,(H,15,18). The van der Waals surface area contributed by atoms with E-state index >= 15 is 0 Å². The van der Waals surface area contributed by atoms with Crippen LogP contribution in [0.25, 0.3) is 0 Å². The number of carbonyl (C=O) groups is 1. The van der Waals surface area contributed by atoms with Gasteiger partial charge in [0.05, 0.1) is 11.7 Å². The molecule has 1 aliphatic heterocycles. The van der Waals surface area contributed by atoms with Crippen LogP contribution in [0.5, 0.6) is 0 Å². The largest absolute Gasteiger partial charge is 0.358 e. The quantitative estimate of drug-likeness (QED) is 0.909. The van der Waals surface area contributed by atoms with E-state index in [1.54, 1.807) is 19.3 Å². The van der Waals surface area contributed by atoms with Crippen LogP contribution in [0.3, 0.4) is 0 Å². The van der Waals surface area contributed by atoms with Gasteiger partial charge in [-0.25, -0.2) is 0 Å². The Hall–Kier alpha value is -1.13. The lowest BCUT2D eigenvalue weighted by atomic mass is 10.0. The van der Waals surface area contributed by atoms with Gasteiger partial charge < -0.3 is 5.32 Å². The number of piperidine rings is 1. The van der Waals surface area contributed by atoms with Gasteiger partial charge in [-0.1, -0.05) is 18.0 Å². The Bertz CT molecular complexity index is 424. The summed E-state index contributed by atoms with van der Waals surface area (Å²) in [7, 11) is 1.69. The summed E-state index contributed by atoms with van der Waals surface area (Å²) < 4.78 is 0. The van der Waals surface area contributed by atoms with E-state index in [0.29, 0.717) is 11.6 Å². The topological polar surface area (TPSA) is 45.2 Å². The Morgan fingerprint density at radius 1 is 1.61 bits per heavy atom. The van der Waals surface area contributed by atoms with Crippen LogP contribution in [0.1, 0.15) is 25.0 Å². The number of nitrogens with one attached hydrogen (secondary N) is 1. The lowest BCUT2D eigenvalue weighted by Crippen LogP contribution is -2.48. The molecule has 1 aromatic rings. The van der Waals surface area contributed by atoms with Crippen molar-refractivity contribution >= 4 is 17.5 Å². The minimum Gasteiger partial charge on any atom is -0.358 e. The van der Waals surface area contributed by atoms with Gasteiger partial charge in [0, 0.05) is 24.8 Å². The van der Waals surface area contributed by atoms with E-state index in [2.05, 4.69) is 15.2 Å². The number of hydrogen-bond donors (Lipinski definition) is 1. The fourth-order valence-electron chi connectivity index (χ4n) is 2.39. The van der Waals surface area contributed by atoms with Crippen LogP contribution in [-0.2, 0) is 11.3 Å². The number of nitrogens with zero attached hydrogens (tertiary/aromatic N) is 2. The first kappa shape index (κ1) is 13.3. The van der Waals surface area contributed by atoms with Crippen LogP contribution in [0, 0.1) is 0 Å². The van der Waals surface area contributed by atoms with Crippen LogP contribution in [0.4, 0.5) is 0 Å². The van der Waals surface area contributed by atoms with Crippen molar-refractivity contribution in [2.75, 3.05) is 13.6 Å². The van der Waals surface area contributed by atoms with Crippen LogP contribution in [0.15, 0.2) is 18.3 Å². The van der Waals surface area contributed by atoms with Gasteiger partial charge in [-0.05, 0) is 31.5 Å². The maximum absolute atomic E-state index is 11.8. The number of rotatable bonds is 3. The van der Waals surface area contributed by atoms with E-state index < -0.39 is 0 Å². The van der Waals surface area contributed by atoms with Gasteiger partial charge in [-0.15, -0.1) is 0 Å². The number of pyridine rings is 1. The molecule has 18 heavy (non-hydrogen) atoms. The van der Waals surface area contributed by atoms with Gasteiger partial charge in [0.2, 0.25) is 5.91 Å². The van der Waals surface area contributed by atoms with E-state index in [1.807, 2.05) is 6.07 Å². The number of hydrogen-bond acceptors (Lipinski definition) is 3. The van der Waals surface area contributed by atoms with Gasteiger partial charge in [0.1, 0.15) is 0 Å². The second-order valence-corrected chi connectivity index (χ2v) is 5.00. The van der Waals surface area contributed by atoms with Crippen molar-refractivity contribution in [1.29, 1.82) is 0 Å². The summed E-state index contributed by atoms with van der Waals surface area (Å²) >= 11 is 5.95. The second-order valence-electron chi connectivity index (χ2n) is 4.56. The highest BCUT2D eigenvalue weighted by molar-refractivity contribution is 6.30. The smallest absolute Gasteiger partial charge is 0.237 e. The van der Waals surface area contributed by atoms with E-state index in [-0.39, 0.29) is 11.9 Å². The molecule has 2 heterocycles. The lowest BCUT2D eigenvalue weighted by molar-refractivity contribution is -0.127. The molecular formula is C13H18ClN3O. The summed E-state index contributed by atoms with van der Waals surface area (Å²) in [6.07, 6.45) is 4.86. The predicted molar refractivity (Wildman–Crippen MR) is 71.4 cm³/mol. The predicted octanol–water partition coefficient (Wildman–Crippen LogP) is 1.84. The highest BCUT2D eigenvalue weighted by atomic mass is 35.5. The fourth-order valence-corrected chi connectivity index (χ4v) is 2.57. The van der Waals surface area contributed by atoms with Crippen molar-refractivity contribution in [2.45, 2.75) is 31.8 Å². The van der Waals surface area contributed by atoms with Gasteiger partial charge in [0.25, 0.3) is 0 Å². The Morgan fingerprint density at radius 3 is 3.17 bits per heavy atom. The van der Waals surface area contributed by atoms with Crippen molar-refractivity contribution in [2.24, 2.45) is 0 Å². The maximum Gasteiger partial charge on any atom is 0.237 e. The normalized spacial score (nSPS) is 20.7. The Morgan fingerprint density at radius 2 is 2.44 bits per heavy atom. The third kappa shape index (κ3) is 3.21. The Kier molecular flexibility index (Phi) is 4.55. The molecule has 1 aliphatic rings. The number of amides is 1. The van der Waals surface area contributed by atoms with Crippen LogP contribution < -0.4 is 5.32 Å². The summed E-state index contributed by atoms with van der Waals surface area (Å²) in [5, 5.41) is 3.42.